The molecule has 0 aliphatic heterocycles. The van der Waals surface area contributed by atoms with Gasteiger partial charge in [0.15, 0.2) is 0 Å². The Bertz CT molecular complexity index is 437. The van der Waals surface area contributed by atoms with E-state index >= 15 is 0 Å². The Kier molecular flexibility index (Phi) is 4.41. The minimum absolute atomic E-state index is 0.0460. The van der Waals surface area contributed by atoms with Crippen LogP contribution in [-0.4, -0.2) is 28.5 Å². The van der Waals surface area contributed by atoms with E-state index in [0.717, 1.165) is 6.07 Å². The molecule has 0 spiro atoms. The van der Waals surface area contributed by atoms with Crippen LogP contribution in [-0.2, 0) is 10.8 Å². The van der Waals surface area contributed by atoms with Gasteiger partial charge in [-0.1, -0.05) is 6.07 Å². The molecule has 108 valence electrons. The summed E-state index contributed by atoms with van der Waals surface area (Å²) in [5.41, 5.74) is -2.37. The number of alkyl halides is 3. The second-order valence-electron chi connectivity index (χ2n) is 5.24. The molecule has 1 aromatic rings. The van der Waals surface area contributed by atoms with E-state index in [1.807, 2.05) is 0 Å². The molecule has 0 amide bonds. The molecule has 0 atom stereocenters. The molecule has 0 bridgehead atoms. The van der Waals surface area contributed by atoms with Crippen LogP contribution in [0.2, 0.25) is 0 Å². The van der Waals surface area contributed by atoms with Crippen molar-refractivity contribution in [3.63, 3.8) is 0 Å². The van der Waals surface area contributed by atoms with E-state index in [4.69, 9.17) is 4.65 Å². The summed E-state index contributed by atoms with van der Waals surface area (Å²) in [4.78, 5) is -0.800. The van der Waals surface area contributed by atoms with Crippen molar-refractivity contribution >= 4 is 23.2 Å². The molecule has 0 radical (unpaired) electrons. The topological polar surface area (TPSA) is 49.7 Å². The lowest BCUT2D eigenvalue weighted by Crippen LogP contribution is -2.52. The van der Waals surface area contributed by atoms with Crippen LogP contribution < -0.4 is 4.78 Å². The lowest BCUT2D eigenvalue weighted by molar-refractivity contribution is -0.134. The molecule has 8 heteroatoms. The fraction of sp³-hybridized carbons (Fsp3) is 0.636. The fourth-order valence-corrected chi connectivity index (χ4v) is 1.91. The molecule has 0 aromatic carbocycles. The first-order valence-corrected chi connectivity index (χ1v) is 6.41. The highest BCUT2D eigenvalue weighted by atomic mass is 32.1. The van der Waals surface area contributed by atoms with Crippen LogP contribution >= 0.6 is 11.3 Å². The van der Waals surface area contributed by atoms with Gasteiger partial charge in [0.1, 0.15) is 4.88 Å². The Morgan fingerprint density at radius 1 is 1.16 bits per heavy atom. The van der Waals surface area contributed by atoms with Crippen molar-refractivity contribution in [2.24, 2.45) is 0 Å². The molecule has 0 aliphatic carbocycles. The second kappa shape index (κ2) is 5.08. The van der Waals surface area contributed by atoms with Crippen LogP contribution in [0.15, 0.2) is 12.1 Å². The third-order valence-corrected chi connectivity index (χ3v) is 4.19. The summed E-state index contributed by atoms with van der Waals surface area (Å²) < 4.78 is 42.6. The highest BCUT2D eigenvalue weighted by Gasteiger charge is 2.41. The summed E-state index contributed by atoms with van der Waals surface area (Å²) >= 11 is 0.418. The van der Waals surface area contributed by atoms with Crippen LogP contribution in [0.4, 0.5) is 13.2 Å². The first-order chi connectivity index (χ1) is 8.34. The average molecular weight is 296 g/mol. The van der Waals surface area contributed by atoms with Crippen molar-refractivity contribution in [3.05, 3.63) is 17.0 Å². The van der Waals surface area contributed by atoms with Crippen molar-refractivity contribution in [1.82, 2.24) is 0 Å². The summed E-state index contributed by atoms with van der Waals surface area (Å²) in [7, 11) is -1.51. The monoisotopic (exact) mass is 296 g/mol. The predicted octanol–water partition coefficient (Wildman–Crippen LogP) is 2.02. The van der Waals surface area contributed by atoms with E-state index in [9.17, 15) is 23.3 Å². The molecule has 0 saturated heterocycles. The molecule has 1 rings (SSSR count). The van der Waals surface area contributed by atoms with Crippen LogP contribution in [0.5, 0.6) is 0 Å². The third-order valence-electron chi connectivity index (χ3n) is 3.03. The lowest BCUT2D eigenvalue weighted by atomic mass is 9.82. The molecular weight excluding hydrogens is 280 g/mol. The SMILES string of the molecule is CC(C)(O)C(C)(C)OB(O)c1ccc(C(F)(F)F)s1. The van der Waals surface area contributed by atoms with Crippen molar-refractivity contribution in [1.29, 1.82) is 0 Å². The van der Waals surface area contributed by atoms with Gasteiger partial charge in [-0.3, -0.25) is 0 Å². The Morgan fingerprint density at radius 3 is 2.05 bits per heavy atom. The summed E-state index contributed by atoms with van der Waals surface area (Å²) in [5.74, 6) is 0. The standard InChI is InChI=1S/C11H16BF3O3S/c1-9(2,16)10(3,4)18-12(17)8-6-5-7(19-8)11(13,14)15/h5-6,16-17H,1-4H3. The van der Waals surface area contributed by atoms with Gasteiger partial charge in [0.05, 0.1) is 11.2 Å². The van der Waals surface area contributed by atoms with Gasteiger partial charge in [-0.05, 0) is 33.8 Å². The number of rotatable bonds is 4. The maximum absolute atomic E-state index is 12.4. The van der Waals surface area contributed by atoms with Crippen molar-refractivity contribution < 1.29 is 28.0 Å². The van der Waals surface area contributed by atoms with Gasteiger partial charge in [0.25, 0.3) is 0 Å². The molecular formula is C11H16BF3O3S. The molecule has 0 saturated carbocycles. The van der Waals surface area contributed by atoms with E-state index in [1.165, 1.54) is 19.9 Å². The molecule has 1 heterocycles. The van der Waals surface area contributed by atoms with E-state index in [2.05, 4.69) is 0 Å². The van der Waals surface area contributed by atoms with Gasteiger partial charge in [-0.2, -0.15) is 13.2 Å². The highest BCUT2D eigenvalue weighted by molar-refractivity contribution is 7.22. The van der Waals surface area contributed by atoms with E-state index in [1.54, 1.807) is 13.8 Å². The van der Waals surface area contributed by atoms with Crippen LogP contribution in [0.1, 0.15) is 32.6 Å². The van der Waals surface area contributed by atoms with E-state index < -0.39 is 29.4 Å². The molecule has 19 heavy (non-hydrogen) atoms. The van der Waals surface area contributed by atoms with Crippen molar-refractivity contribution in [3.8, 4) is 0 Å². The van der Waals surface area contributed by atoms with Gasteiger partial charge < -0.3 is 14.8 Å². The summed E-state index contributed by atoms with van der Waals surface area (Å²) in [6.45, 7) is 6.09. The quantitative estimate of drug-likeness (QED) is 0.836. The van der Waals surface area contributed by atoms with E-state index in [-0.39, 0.29) is 4.78 Å². The van der Waals surface area contributed by atoms with Gasteiger partial charge in [0.2, 0.25) is 0 Å². The smallest absolute Gasteiger partial charge is 0.423 e. The molecule has 0 aliphatic rings. The normalized spacial score (nSPS) is 13.7. The third kappa shape index (κ3) is 3.95. The predicted molar refractivity (Wildman–Crippen MR) is 68.4 cm³/mol. The van der Waals surface area contributed by atoms with Gasteiger partial charge >= 0.3 is 13.3 Å². The first kappa shape index (κ1) is 16.5. The Hall–Kier alpha value is -0.565. The molecule has 0 unspecified atom stereocenters. The Morgan fingerprint density at radius 2 is 1.68 bits per heavy atom. The number of aliphatic hydroxyl groups is 1. The maximum Gasteiger partial charge on any atom is 0.502 e. The summed E-state index contributed by atoms with van der Waals surface area (Å²) in [6, 6.07) is 2.06. The summed E-state index contributed by atoms with van der Waals surface area (Å²) in [6.07, 6.45) is -4.44. The summed E-state index contributed by atoms with van der Waals surface area (Å²) in [5, 5.41) is 19.7. The molecule has 3 nitrogen and oxygen atoms in total. The maximum atomic E-state index is 12.4. The number of halogens is 3. The van der Waals surface area contributed by atoms with E-state index in [0.29, 0.717) is 11.3 Å². The van der Waals surface area contributed by atoms with Crippen molar-refractivity contribution in [2.45, 2.75) is 45.1 Å². The fourth-order valence-electron chi connectivity index (χ4n) is 1.12. The largest absolute Gasteiger partial charge is 0.502 e. The van der Waals surface area contributed by atoms with Crippen LogP contribution in [0.25, 0.3) is 0 Å². The zero-order valence-electron chi connectivity index (χ0n) is 11.1. The Balaban J connectivity index is 2.85. The van der Waals surface area contributed by atoms with Crippen molar-refractivity contribution in [2.75, 3.05) is 0 Å². The number of hydrogen-bond acceptors (Lipinski definition) is 4. The lowest BCUT2D eigenvalue weighted by Gasteiger charge is -2.38. The minimum Gasteiger partial charge on any atom is -0.423 e. The molecule has 1 aromatic heterocycles. The number of hydrogen-bond donors (Lipinski definition) is 2. The Labute approximate surface area is 114 Å². The van der Waals surface area contributed by atoms with Gasteiger partial charge in [-0.15, -0.1) is 11.3 Å². The zero-order chi connectivity index (χ0) is 15.1. The molecule has 2 N–H and O–H groups in total. The highest BCUT2D eigenvalue weighted by Crippen LogP contribution is 2.32. The zero-order valence-corrected chi connectivity index (χ0v) is 11.9. The minimum atomic E-state index is -4.44. The average Bonchev–Trinajstić information content (AvgIpc) is 2.62. The first-order valence-electron chi connectivity index (χ1n) is 5.60. The van der Waals surface area contributed by atoms with Crippen LogP contribution in [0.3, 0.4) is 0 Å². The van der Waals surface area contributed by atoms with Gasteiger partial charge in [0, 0.05) is 4.78 Å². The van der Waals surface area contributed by atoms with Gasteiger partial charge in [-0.25, -0.2) is 0 Å². The molecule has 0 fully saturated rings. The second-order valence-corrected chi connectivity index (χ2v) is 6.35. The van der Waals surface area contributed by atoms with Crippen LogP contribution in [0, 0.1) is 0 Å². The number of thiophene rings is 1.